The van der Waals surface area contributed by atoms with Gasteiger partial charge in [0.25, 0.3) is 0 Å². The highest BCUT2D eigenvalue weighted by Crippen LogP contribution is 2.36. The molecule has 0 radical (unpaired) electrons. The highest BCUT2D eigenvalue weighted by molar-refractivity contribution is 5.89. The zero-order valence-electron chi connectivity index (χ0n) is 70.2. The van der Waals surface area contributed by atoms with Gasteiger partial charge in [-0.05, 0) is 226 Å². The maximum absolute atomic E-state index is 4.92. The van der Waals surface area contributed by atoms with Gasteiger partial charge < -0.3 is 0 Å². The number of aromatic nitrogens is 5. The molecule has 0 unspecified atom stereocenters. The molecule has 5 nitrogen and oxygen atoms in total. The van der Waals surface area contributed by atoms with Gasteiger partial charge in [0.05, 0.1) is 56.1 Å². The van der Waals surface area contributed by atoms with Gasteiger partial charge in [-0.25, -0.2) is 24.9 Å². The number of hydrogen-bond acceptors (Lipinski definition) is 5. The van der Waals surface area contributed by atoms with Crippen molar-refractivity contribution in [2.24, 2.45) is 27.1 Å². The maximum Gasteiger partial charge on any atom is 0.0712 e. The summed E-state index contributed by atoms with van der Waals surface area (Å²) in [5, 5.41) is 6.36. The molecule has 0 atom stereocenters. The van der Waals surface area contributed by atoms with Crippen LogP contribution in [0.5, 0.6) is 0 Å². The molecule has 0 N–H and O–H groups in total. The summed E-state index contributed by atoms with van der Waals surface area (Å²) in [6.07, 6.45) is 5.30. The number of nitrogens with zero attached hydrogens (tertiary/aromatic N) is 5. The lowest BCUT2D eigenvalue weighted by molar-refractivity contribution is 0.412. The minimum atomic E-state index is 0.254. The van der Waals surface area contributed by atoms with E-state index in [2.05, 4.69) is 406 Å². The van der Waals surface area contributed by atoms with E-state index in [0.717, 1.165) is 88.2 Å². The van der Waals surface area contributed by atoms with E-state index in [1.165, 1.54) is 116 Å². The summed E-state index contributed by atoms with van der Waals surface area (Å²) in [5.41, 5.74) is 32.6. The Morgan fingerprint density at radius 2 is 0.423 bits per heavy atom. The second-order valence-electron chi connectivity index (χ2n) is 37.0. The zero-order valence-corrected chi connectivity index (χ0v) is 70.2. The second-order valence-corrected chi connectivity index (χ2v) is 37.0. The van der Waals surface area contributed by atoms with Gasteiger partial charge in [-0.15, -0.1) is 0 Å². The van der Waals surface area contributed by atoms with Gasteiger partial charge in [-0.1, -0.05) is 307 Å². The summed E-state index contributed by atoms with van der Waals surface area (Å²) in [4.78, 5) is 24.4. The Morgan fingerprint density at radius 1 is 0.180 bits per heavy atom. The monoisotopic (exact) mass is 1460 g/mol. The summed E-state index contributed by atoms with van der Waals surface area (Å²) in [6, 6.07) is 94.7. The molecule has 0 aliphatic heterocycles. The van der Waals surface area contributed by atoms with E-state index in [1.54, 1.807) is 0 Å². The average Bonchev–Trinajstić information content (AvgIpc) is 0.722. The van der Waals surface area contributed by atoms with Crippen molar-refractivity contribution in [3.63, 3.8) is 0 Å². The number of aryl methyl sites for hydroxylation is 6. The number of fused-ring (bicyclic) bond motifs is 5. The lowest BCUT2D eigenvalue weighted by Gasteiger charge is -2.20. The fourth-order valence-corrected chi connectivity index (χ4v) is 15.0. The Kier molecular flexibility index (Phi) is 25.4. The normalized spacial score (nSPS) is 11.8. The first kappa shape index (κ1) is 81.2. The van der Waals surface area contributed by atoms with Crippen LogP contribution in [-0.2, 0) is 32.1 Å². The van der Waals surface area contributed by atoms with Gasteiger partial charge in [0.1, 0.15) is 0 Å². The second kappa shape index (κ2) is 34.7. The molecule has 111 heavy (non-hydrogen) atoms. The molecule has 0 fully saturated rings. The van der Waals surface area contributed by atoms with Crippen LogP contribution in [0, 0.1) is 68.6 Å². The minimum absolute atomic E-state index is 0.254. The Hall–Kier alpha value is -10.8. The van der Waals surface area contributed by atoms with Crippen molar-refractivity contribution in [3.8, 4) is 56.3 Å². The lowest BCUT2D eigenvalue weighted by Crippen LogP contribution is -2.10. The number of para-hydroxylation sites is 2. The van der Waals surface area contributed by atoms with E-state index in [-0.39, 0.29) is 27.1 Å². The fourth-order valence-electron chi connectivity index (χ4n) is 15.0. The van der Waals surface area contributed by atoms with Crippen LogP contribution < -0.4 is 0 Å². The molecular formula is C106H117N5. The summed E-state index contributed by atoms with van der Waals surface area (Å²) < 4.78 is 0. The average molecular weight is 1460 g/mol. The van der Waals surface area contributed by atoms with Crippen LogP contribution in [0.3, 0.4) is 0 Å². The number of rotatable bonds is 10. The van der Waals surface area contributed by atoms with Crippen LogP contribution in [0.2, 0.25) is 0 Å². The number of hydrogen-bond donors (Lipinski definition) is 0. The zero-order chi connectivity index (χ0) is 79.6. The molecule has 0 aliphatic rings. The number of benzene rings is 10. The van der Waals surface area contributed by atoms with Crippen LogP contribution in [-0.4, -0.2) is 24.9 Å². The lowest BCUT2D eigenvalue weighted by atomic mass is 9.86. The maximum atomic E-state index is 4.92. The smallest absolute Gasteiger partial charge is 0.0712 e. The Balaban J connectivity index is 0.000000137. The van der Waals surface area contributed by atoms with Crippen LogP contribution in [0.4, 0.5) is 0 Å². The summed E-state index contributed by atoms with van der Waals surface area (Å²) in [5.74, 6) is 0. The number of pyridine rings is 5. The molecule has 15 aromatic rings. The Labute approximate surface area is 664 Å². The van der Waals surface area contributed by atoms with Crippen LogP contribution in [0.15, 0.2) is 267 Å². The van der Waals surface area contributed by atoms with E-state index in [9.17, 15) is 0 Å². The van der Waals surface area contributed by atoms with E-state index in [4.69, 9.17) is 24.9 Å². The molecule has 5 heterocycles. The summed E-state index contributed by atoms with van der Waals surface area (Å²) in [6.45, 7) is 47.0. The van der Waals surface area contributed by atoms with Crippen molar-refractivity contribution in [2.45, 2.75) is 178 Å². The molecule has 0 spiro atoms. The molecule has 5 heteroatoms. The van der Waals surface area contributed by atoms with Crippen molar-refractivity contribution in [2.75, 3.05) is 0 Å². The van der Waals surface area contributed by atoms with Crippen LogP contribution >= 0.6 is 0 Å². The quantitative estimate of drug-likeness (QED) is 0.137. The highest BCUT2D eigenvalue weighted by Gasteiger charge is 2.21. The van der Waals surface area contributed by atoms with Crippen molar-refractivity contribution in [1.82, 2.24) is 24.9 Å². The standard InChI is InChI=1S/2C22H25N.2C21H23N.C20H21N/c1-15-11-16(2)13-18(12-15)20-10-9-19-17(14-22(3,4)5)7-6-8-21(19)23-20;1-15-10-16(2)12-17(11-15)21-13-18(14-22(3,4)5)19-8-6-7-9-20(19)23-21;1-15-7-5-8-16(13-15)19-12-11-18-17(14-21(2,3)4)9-6-10-20(18)22-19;1-15-8-7-9-16(12-15)20-13-17(14-21(2,3)4)18-10-5-6-11-19(18)22-20;1-20(2,3)14-16-10-7-11-19-17(16)12-13-18(21-19)15-8-5-4-6-9-15/h2*6-13H,14H2,1-5H3;2*5-13H,14H2,1-4H3;4-13H,14H2,1-3H3. The van der Waals surface area contributed by atoms with Gasteiger partial charge in [0.2, 0.25) is 0 Å². The Bertz CT molecular complexity index is 5650. The topological polar surface area (TPSA) is 64.5 Å². The highest BCUT2D eigenvalue weighted by atomic mass is 14.7. The van der Waals surface area contributed by atoms with E-state index in [0.29, 0.717) is 0 Å². The SMILES string of the molecule is CC(C)(C)Cc1cccc2nc(-c3ccccc3)ccc12.Cc1cc(C)cc(-c2cc(CC(C)(C)C)c3ccccc3n2)c1.Cc1cc(C)cc(-c2ccc3c(CC(C)(C)C)cccc3n2)c1.Cc1cccc(-c2cc(CC(C)(C)C)c3ccccc3n2)c1.Cc1cccc(-c2ccc3c(CC(C)(C)C)cccc3n2)c1. The van der Waals surface area contributed by atoms with Gasteiger partial charge in [0, 0.05) is 54.7 Å². The third-order valence-electron chi connectivity index (χ3n) is 19.4. The van der Waals surface area contributed by atoms with E-state index >= 15 is 0 Å². The first-order valence-electron chi connectivity index (χ1n) is 39.8. The van der Waals surface area contributed by atoms with E-state index in [1.807, 2.05) is 6.07 Å². The molecule has 10 aromatic carbocycles. The molecule has 5 aromatic heterocycles. The third-order valence-corrected chi connectivity index (χ3v) is 19.4. The van der Waals surface area contributed by atoms with Crippen molar-refractivity contribution >= 4 is 54.5 Å². The van der Waals surface area contributed by atoms with Gasteiger partial charge in [0.15, 0.2) is 0 Å². The first-order valence-corrected chi connectivity index (χ1v) is 39.8. The molecule has 0 bridgehead atoms. The van der Waals surface area contributed by atoms with Crippen LogP contribution in [0.25, 0.3) is 111 Å². The minimum Gasteiger partial charge on any atom is -0.248 e. The largest absolute Gasteiger partial charge is 0.248 e. The van der Waals surface area contributed by atoms with Gasteiger partial charge in [-0.3, -0.25) is 0 Å². The summed E-state index contributed by atoms with van der Waals surface area (Å²) in [7, 11) is 0. The predicted octanol–water partition coefficient (Wildman–Crippen LogP) is 29.3. The van der Waals surface area contributed by atoms with Crippen LogP contribution in [0.1, 0.15) is 165 Å². The van der Waals surface area contributed by atoms with Gasteiger partial charge in [-0.2, -0.15) is 0 Å². The fraction of sp³-hybridized carbons (Fsp3) is 0.292. The first-order chi connectivity index (χ1) is 52.5. The van der Waals surface area contributed by atoms with E-state index < -0.39 is 0 Å². The predicted molar refractivity (Wildman–Crippen MR) is 480 cm³/mol. The molecule has 0 saturated carbocycles. The van der Waals surface area contributed by atoms with Gasteiger partial charge >= 0.3 is 0 Å². The molecule has 566 valence electrons. The van der Waals surface area contributed by atoms with Crippen molar-refractivity contribution < 1.29 is 0 Å². The summed E-state index contributed by atoms with van der Waals surface area (Å²) >= 11 is 0. The molecule has 15 rings (SSSR count). The molecule has 0 amide bonds. The van der Waals surface area contributed by atoms with Crippen molar-refractivity contribution in [3.05, 3.63) is 328 Å². The van der Waals surface area contributed by atoms with Crippen molar-refractivity contribution in [1.29, 1.82) is 0 Å². The third kappa shape index (κ3) is 23.2. The molecular weight excluding hydrogens is 1340 g/mol. The Morgan fingerprint density at radius 3 is 0.775 bits per heavy atom. The molecule has 0 aliphatic carbocycles. The molecule has 0 saturated heterocycles.